The van der Waals surface area contributed by atoms with Crippen LogP contribution in [0.2, 0.25) is 0 Å². The summed E-state index contributed by atoms with van der Waals surface area (Å²) in [6.45, 7) is 0.596. The molecule has 0 aliphatic rings. The Hall–Kier alpha value is -1.90. The summed E-state index contributed by atoms with van der Waals surface area (Å²) in [5.41, 5.74) is 1.11. The molecule has 1 rings (SSSR count). The summed E-state index contributed by atoms with van der Waals surface area (Å²) >= 11 is 0. The number of hydrogen-bond donors (Lipinski definition) is 1. The van der Waals surface area contributed by atoms with Crippen LogP contribution < -0.4 is 0 Å². The van der Waals surface area contributed by atoms with E-state index in [0.29, 0.717) is 24.1 Å². The number of halogens is 1. The number of carbonyl (C=O) groups is 1. The monoisotopic (exact) mass is 292 g/mol. The van der Waals surface area contributed by atoms with Gasteiger partial charge in [0.2, 0.25) is 5.91 Å². The van der Waals surface area contributed by atoms with Gasteiger partial charge >= 0.3 is 0 Å². The molecule has 1 aromatic carbocycles. The Morgan fingerprint density at radius 3 is 2.62 bits per heavy atom. The highest BCUT2D eigenvalue weighted by Crippen LogP contribution is 2.12. The van der Waals surface area contributed by atoms with Crippen molar-refractivity contribution >= 4 is 5.91 Å². The van der Waals surface area contributed by atoms with Gasteiger partial charge in [-0.05, 0) is 19.2 Å². The quantitative estimate of drug-likeness (QED) is 0.826. The summed E-state index contributed by atoms with van der Waals surface area (Å²) < 4.78 is 14.0. The van der Waals surface area contributed by atoms with Crippen LogP contribution in [0.15, 0.2) is 18.2 Å². The molecular weight excluding hydrogens is 271 g/mol. The van der Waals surface area contributed by atoms with Gasteiger partial charge in [0.25, 0.3) is 0 Å². The molecule has 1 N–H and O–H groups in total. The minimum atomic E-state index is -0.338. The van der Waals surface area contributed by atoms with E-state index < -0.39 is 0 Å². The second-order valence-electron chi connectivity index (χ2n) is 5.04. The predicted molar refractivity (Wildman–Crippen MR) is 80.0 cm³/mol. The van der Waals surface area contributed by atoms with Gasteiger partial charge in [-0.2, -0.15) is 0 Å². The van der Waals surface area contributed by atoms with Crippen LogP contribution in [0.4, 0.5) is 4.39 Å². The number of nitrogens with zero attached hydrogens (tertiary/aromatic N) is 2. The van der Waals surface area contributed by atoms with Crippen molar-refractivity contribution in [3.63, 3.8) is 0 Å². The van der Waals surface area contributed by atoms with Gasteiger partial charge in [0.1, 0.15) is 5.82 Å². The average Bonchev–Trinajstić information content (AvgIpc) is 2.42. The first-order valence-electron chi connectivity index (χ1n) is 6.71. The van der Waals surface area contributed by atoms with Gasteiger partial charge in [-0.1, -0.05) is 17.9 Å². The maximum absolute atomic E-state index is 14.0. The average molecular weight is 292 g/mol. The number of rotatable bonds is 5. The van der Waals surface area contributed by atoms with Gasteiger partial charge in [0.15, 0.2) is 0 Å². The zero-order chi connectivity index (χ0) is 15.8. The van der Waals surface area contributed by atoms with E-state index >= 15 is 0 Å². The maximum Gasteiger partial charge on any atom is 0.236 e. The fraction of sp³-hybridized carbons (Fsp3) is 0.438. The number of likely N-dealkylation sites (N-methyl/N-ethyl adjacent to an activating group) is 2. The highest BCUT2D eigenvalue weighted by Gasteiger charge is 2.11. The number of carbonyl (C=O) groups excluding carboxylic acids is 1. The third-order valence-corrected chi connectivity index (χ3v) is 2.87. The van der Waals surface area contributed by atoms with Crippen LogP contribution in [0.3, 0.4) is 0 Å². The van der Waals surface area contributed by atoms with Crippen molar-refractivity contribution in [3.05, 3.63) is 35.1 Å². The van der Waals surface area contributed by atoms with Crippen LogP contribution in [0.5, 0.6) is 0 Å². The van der Waals surface area contributed by atoms with Gasteiger partial charge in [-0.3, -0.25) is 9.69 Å². The molecule has 5 heteroatoms. The SMILES string of the molecule is CN(CC(=O)N(C)C)Cc1ccc(C#CCCO)cc1F. The Balaban J connectivity index is 2.69. The van der Waals surface area contributed by atoms with Gasteiger partial charge in [-0.15, -0.1) is 0 Å². The molecule has 0 radical (unpaired) electrons. The van der Waals surface area contributed by atoms with E-state index in [0.717, 1.165) is 0 Å². The fourth-order valence-electron chi connectivity index (χ4n) is 1.69. The molecule has 0 saturated carbocycles. The van der Waals surface area contributed by atoms with E-state index in [9.17, 15) is 9.18 Å². The molecule has 4 nitrogen and oxygen atoms in total. The summed E-state index contributed by atoms with van der Waals surface area (Å²) in [5.74, 6) is 5.18. The normalized spacial score (nSPS) is 10.2. The van der Waals surface area contributed by atoms with E-state index in [2.05, 4.69) is 11.8 Å². The first kappa shape index (κ1) is 17.2. The van der Waals surface area contributed by atoms with Crippen LogP contribution >= 0.6 is 0 Å². The van der Waals surface area contributed by atoms with Crippen LogP contribution in [0.25, 0.3) is 0 Å². The van der Waals surface area contributed by atoms with E-state index in [1.54, 1.807) is 38.2 Å². The zero-order valence-corrected chi connectivity index (χ0v) is 12.7. The molecule has 0 unspecified atom stereocenters. The highest BCUT2D eigenvalue weighted by atomic mass is 19.1. The molecule has 1 amide bonds. The molecule has 0 fully saturated rings. The van der Waals surface area contributed by atoms with Gasteiger partial charge in [0, 0.05) is 38.2 Å². The first-order chi connectivity index (χ1) is 9.93. The lowest BCUT2D eigenvalue weighted by Gasteiger charge is -2.19. The topological polar surface area (TPSA) is 43.8 Å². The van der Waals surface area contributed by atoms with Crippen molar-refractivity contribution in [1.29, 1.82) is 0 Å². The van der Waals surface area contributed by atoms with Crippen molar-refractivity contribution in [1.82, 2.24) is 9.80 Å². The lowest BCUT2D eigenvalue weighted by Crippen LogP contribution is -2.34. The standard InChI is InChI=1S/C16H21FN2O2/c1-18(2)16(21)12-19(3)11-14-8-7-13(10-15(14)17)6-4-5-9-20/h7-8,10,20H,5,9,11-12H2,1-3H3. The predicted octanol–water partition coefficient (Wildman–Crippen LogP) is 1.08. The maximum atomic E-state index is 14.0. The van der Waals surface area contributed by atoms with E-state index in [-0.39, 0.29) is 24.9 Å². The number of hydrogen-bond acceptors (Lipinski definition) is 3. The molecule has 0 aliphatic heterocycles. The Kier molecular flexibility index (Phi) is 6.86. The first-order valence-corrected chi connectivity index (χ1v) is 6.71. The van der Waals surface area contributed by atoms with Crippen LogP contribution in [0.1, 0.15) is 17.5 Å². The molecule has 0 saturated heterocycles. The molecule has 0 bridgehead atoms. The molecule has 0 heterocycles. The molecule has 114 valence electrons. The molecular formula is C16H21FN2O2. The van der Waals surface area contributed by atoms with Crippen LogP contribution in [-0.4, -0.2) is 55.1 Å². The molecule has 0 aliphatic carbocycles. The van der Waals surface area contributed by atoms with Crippen molar-refractivity contribution in [2.75, 3.05) is 34.3 Å². The minimum absolute atomic E-state index is 0.00172. The molecule has 1 aromatic rings. The van der Waals surface area contributed by atoms with Gasteiger partial charge in [0.05, 0.1) is 13.2 Å². The Morgan fingerprint density at radius 1 is 1.33 bits per heavy atom. The molecule has 0 aromatic heterocycles. The Labute approximate surface area is 125 Å². The molecule has 0 atom stereocenters. The minimum Gasteiger partial charge on any atom is -0.395 e. The van der Waals surface area contributed by atoms with Gasteiger partial charge < -0.3 is 10.0 Å². The fourth-order valence-corrected chi connectivity index (χ4v) is 1.69. The number of benzene rings is 1. The smallest absolute Gasteiger partial charge is 0.236 e. The van der Waals surface area contributed by atoms with E-state index in [1.165, 1.54) is 11.0 Å². The number of aliphatic hydroxyl groups is 1. The summed E-state index contributed by atoms with van der Waals surface area (Å²) in [6.07, 6.45) is 0.374. The Bertz CT molecular complexity index is 547. The third kappa shape index (κ3) is 5.94. The summed E-state index contributed by atoms with van der Waals surface area (Å²) in [4.78, 5) is 14.8. The summed E-state index contributed by atoms with van der Waals surface area (Å²) in [6, 6.07) is 4.79. The number of aliphatic hydroxyl groups excluding tert-OH is 1. The molecule has 0 spiro atoms. The second kappa shape index (κ2) is 8.40. The number of amides is 1. The lowest BCUT2D eigenvalue weighted by atomic mass is 10.1. The lowest BCUT2D eigenvalue weighted by molar-refractivity contribution is -0.129. The summed E-state index contributed by atoms with van der Waals surface area (Å²) in [5, 5.41) is 8.64. The van der Waals surface area contributed by atoms with E-state index in [1.807, 2.05) is 0 Å². The van der Waals surface area contributed by atoms with Gasteiger partial charge in [-0.25, -0.2) is 4.39 Å². The summed E-state index contributed by atoms with van der Waals surface area (Å²) in [7, 11) is 5.16. The van der Waals surface area contributed by atoms with Crippen molar-refractivity contribution in [2.45, 2.75) is 13.0 Å². The van der Waals surface area contributed by atoms with E-state index in [4.69, 9.17) is 5.11 Å². The third-order valence-electron chi connectivity index (χ3n) is 2.87. The second-order valence-corrected chi connectivity index (χ2v) is 5.04. The van der Waals surface area contributed by atoms with Crippen LogP contribution in [0, 0.1) is 17.7 Å². The Morgan fingerprint density at radius 2 is 2.05 bits per heavy atom. The van der Waals surface area contributed by atoms with Crippen molar-refractivity contribution < 1.29 is 14.3 Å². The highest BCUT2D eigenvalue weighted by molar-refractivity contribution is 5.77. The van der Waals surface area contributed by atoms with Crippen LogP contribution in [-0.2, 0) is 11.3 Å². The van der Waals surface area contributed by atoms with Crippen molar-refractivity contribution in [2.24, 2.45) is 0 Å². The zero-order valence-electron chi connectivity index (χ0n) is 12.7. The van der Waals surface area contributed by atoms with Crippen molar-refractivity contribution in [3.8, 4) is 11.8 Å². The largest absolute Gasteiger partial charge is 0.395 e. The molecule has 21 heavy (non-hydrogen) atoms.